The highest BCUT2D eigenvalue weighted by Crippen LogP contribution is 2.23. The third-order valence-corrected chi connectivity index (χ3v) is 4.35. The third kappa shape index (κ3) is 4.65. The molecule has 4 aromatic rings. The molecule has 0 aliphatic carbocycles. The number of benzene rings is 1. The molecule has 0 fully saturated rings. The van der Waals surface area contributed by atoms with E-state index in [0.29, 0.717) is 17.1 Å². The van der Waals surface area contributed by atoms with Gasteiger partial charge in [0.1, 0.15) is 30.1 Å². The van der Waals surface area contributed by atoms with Gasteiger partial charge in [0.15, 0.2) is 11.3 Å². The zero-order valence-corrected chi connectivity index (χ0v) is 16.1. The van der Waals surface area contributed by atoms with Gasteiger partial charge in [-0.3, -0.25) is 4.79 Å². The van der Waals surface area contributed by atoms with E-state index in [4.69, 9.17) is 9.84 Å². The standard InChI is InChI=1S/C21H18FN5O4/c22-14-4-6-19(23-9-14)25-21(30)18-10-24-20-7-5-17(26-27(18)20)13-2-1-3-16(8-13)31-12-15(29)11-28/h1-10,15,28-29H,11-12H2,(H,23,25,30)/t15-/m1/s1. The molecule has 158 valence electrons. The zero-order valence-electron chi connectivity index (χ0n) is 16.1. The highest BCUT2D eigenvalue weighted by Gasteiger charge is 2.15. The van der Waals surface area contributed by atoms with E-state index in [-0.39, 0.29) is 18.1 Å². The zero-order chi connectivity index (χ0) is 21.8. The Morgan fingerprint density at radius 1 is 1.16 bits per heavy atom. The molecule has 0 aliphatic heterocycles. The Morgan fingerprint density at radius 3 is 2.81 bits per heavy atom. The van der Waals surface area contributed by atoms with Crippen molar-refractivity contribution in [3.8, 4) is 17.0 Å². The molecule has 1 atom stereocenters. The van der Waals surface area contributed by atoms with Gasteiger partial charge in [-0.2, -0.15) is 5.10 Å². The summed E-state index contributed by atoms with van der Waals surface area (Å²) in [7, 11) is 0. The van der Waals surface area contributed by atoms with E-state index in [1.165, 1.54) is 22.8 Å². The van der Waals surface area contributed by atoms with Crippen LogP contribution in [0.3, 0.4) is 0 Å². The molecule has 9 nitrogen and oxygen atoms in total. The van der Waals surface area contributed by atoms with Crippen LogP contribution in [-0.2, 0) is 0 Å². The number of anilines is 1. The van der Waals surface area contributed by atoms with Crippen molar-refractivity contribution in [2.45, 2.75) is 6.10 Å². The molecule has 10 heteroatoms. The maximum atomic E-state index is 13.0. The number of pyridine rings is 1. The van der Waals surface area contributed by atoms with Gasteiger partial charge in [-0.05, 0) is 36.4 Å². The van der Waals surface area contributed by atoms with Crippen molar-refractivity contribution in [2.24, 2.45) is 0 Å². The van der Waals surface area contributed by atoms with Crippen LogP contribution in [0.4, 0.5) is 10.2 Å². The van der Waals surface area contributed by atoms with Crippen LogP contribution < -0.4 is 10.1 Å². The van der Waals surface area contributed by atoms with Gasteiger partial charge in [-0.25, -0.2) is 18.9 Å². The number of amides is 1. The number of halogens is 1. The SMILES string of the molecule is O=C(Nc1ccc(F)cn1)c1cnc2ccc(-c3cccc(OC[C@H](O)CO)c3)nn12. The number of nitrogens with zero attached hydrogens (tertiary/aromatic N) is 4. The summed E-state index contributed by atoms with van der Waals surface area (Å²) in [5.41, 5.74) is 1.94. The van der Waals surface area contributed by atoms with E-state index in [1.807, 2.05) is 6.07 Å². The van der Waals surface area contributed by atoms with Crippen LogP contribution in [0, 0.1) is 5.82 Å². The van der Waals surface area contributed by atoms with Crippen molar-refractivity contribution in [2.75, 3.05) is 18.5 Å². The van der Waals surface area contributed by atoms with Crippen molar-refractivity contribution in [3.05, 3.63) is 72.4 Å². The molecule has 31 heavy (non-hydrogen) atoms. The van der Waals surface area contributed by atoms with Crippen molar-refractivity contribution in [1.82, 2.24) is 19.6 Å². The van der Waals surface area contributed by atoms with Crippen LogP contribution in [0.5, 0.6) is 5.75 Å². The summed E-state index contributed by atoms with van der Waals surface area (Å²) in [5.74, 6) is -0.298. The maximum Gasteiger partial charge on any atom is 0.277 e. The van der Waals surface area contributed by atoms with E-state index in [1.54, 1.807) is 30.3 Å². The molecule has 3 heterocycles. The van der Waals surface area contributed by atoms with E-state index in [0.717, 1.165) is 11.8 Å². The second-order valence-corrected chi connectivity index (χ2v) is 6.62. The highest BCUT2D eigenvalue weighted by atomic mass is 19.1. The molecule has 0 saturated heterocycles. The summed E-state index contributed by atoms with van der Waals surface area (Å²) in [5, 5.41) is 25.4. The number of imidazole rings is 1. The Morgan fingerprint density at radius 2 is 2.03 bits per heavy atom. The summed E-state index contributed by atoms with van der Waals surface area (Å²) >= 11 is 0. The Hall–Kier alpha value is -3.89. The molecular weight excluding hydrogens is 405 g/mol. The summed E-state index contributed by atoms with van der Waals surface area (Å²) in [4.78, 5) is 20.6. The maximum absolute atomic E-state index is 13.0. The topological polar surface area (TPSA) is 122 Å². The van der Waals surface area contributed by atoms with Crippen LogP contribution in [0.1, 0.15) is 10.5 Å². The lowest BCUT2D eigenvalue weighted by Crippen LogP contribution is -2.21. The van der Waals surface area contributed by atoms with Gasteiger partial charge in [-0.1, -0.05) is 12.1 Å². The fourth-order valence-electron chi connectivity index (χ4n) is 2.80. The minimum absolute atomic E-state index is 0.0460. The monoisotopic (exact) mass is 423 g/mol. The molecule has 3 N–H and O–H groups in total. The van der Waals surface area contributed by atoms with Crippen LogP contribution >= 0.6 is 0 Å². The molecule has 0 radical (unpaired) electrons. The minimum Gasteiger partial charge on any atom is -0.491 e. The van der Waals surface area contributed by atoms with Crippen molar-refractivity contribution >= 4 is 17.4 Å². The second kappa shape index (κ2) is 8.86. The lowest BCUT2D eigenvalue weighted by atomic mass is 10.1. The lowest BCUT2D eigenvalue weighted by molar-refractivity contribution is 0.0536. The van der Waals surface area contributed by atoms with Crippen molar-refractivity contribution < 1.29 is 24.1 Å². The summed E-state index contributed by atoms with van der Waals surface area (Å²) in [6.07, 6.45) is 1.43. The number of carbonyl (C=O) groups excluding carboxylic acids is 1. The van der Waals surface area contributed by atoms with E-state index in [9.17, 15) is 14.3 Å². The second-order valence-electron chi connectivity index (χ2n) is 6.62. The van der Waals surface area contributed by atoms with Gasteiger partial charge in [0, 0.05) is 5.56 Å². The Bertz CT molecular complexity index is 1210. The normalized spacial score (nSPS) is 12.0. The predicted molar refractivity (Wildman–Crippen MR) is 109 cm³/mol. The number of nitrogens with one attached hydrogen (secondary N) is 1. The molecule has 1 amide bonds. The van der Waals surface area contributed by atoms with Crippen molar-refractivity contribution in [1.29, 1.82) is 0 Å². The van der Waals surface area contributed by atoms with Crippen LogP contribution in [0.2, 0.25) is 0 Å². The fourth-order valence-corrected chi connectivity index (χ4v) is 2.80. The largest absolute Gasteiger partial charge is 0.491 e. The number of aromatic nitrogens is 4. The Labute approximate surface area is 175 Å². The van der Waals surface area contributed by atoms with Gasteiger partial charge < -0.3 is 20.3 Å². The van der Waals surface area contributed by atoms with Gasteiger partial charge >= 0.3 is 0 Å². The van der Waals surface area contributed by atoms with Crippen molar-refractivity contribution in [3.63, 3.8) is 0 Å². The summed E-state index contributed by atoms with van der Waals surface area (Å²) in [6, 6.07) is 13.1. The molecular formula is C21H18FN5O4. The average Bonchev–Trinajstić information content (AvgIpc) is 3.22. The third-order valence-electron chi connectivity index (χ3n) is 4.35. The Kier molecular flexibility index (Phi) is 5.83. The van der Waals surface area contributed by atoms with Gasteiger partial charge in [0.25, 0.3) is 5.91 Å². The number of hydrogen-bond acceptors (Lipinski definition) is 7. The van der Waals surface area contributed by atoms with Gasteiger partial charge in [-0.15, -0.1) is 0 Å². The quantitative estimate of drug-likeness (QED) is 0.415. The smallest absolute Gasteiger partial charge is 0.277 e. The van der Waals surface area contributed by atoms with E-state index >= 15 is 0 Å². The number of ether oxygens (including phenoxy) is 1. The fraction of sp³-hybridized carbons (Fsp3) is 0.143. The lowest BCUT2D eigenvalue weighted by Gasteiger charge is -2.11. The Balaban J connectivity index is 1.59. The number of aliphatic hydroxyl groups excluding tert-OH is 2. The molecule has 3 aromatic heterocycles. The number of rotatable bonds is 7. The predicted octanol–water partition coefficient (Wildman–Crippen LogP) is 1.91. The molecule has 0 aliphatic rings. The van der Waals surface area contributed by atoms with E-state index in [2.05, 4.69) is 20.4 Å². The molecule has 4 rings (SSSR count). The molecule has 1 aromatic carbocycles. The van der Waals surface area contributed by atoms with Crippen LogP contribution in [0.15, 0.2) is 60.9 Å². The first-order chi connectivity index (χ1) is 15.0. The number of aliphatic hydroxyl groups is 2. The average molecular weight is 423 g/mol. The van der Waals surface area contributed by atoms with E-state index < -0.39 is 24.4 Å². The summed E-state index contributed by atoms with van der Waals surface area (Å²) in [6.45, 7) is -0.438. The number of fused-ring (bicyclic) bond motifs is 1. The molecule has 0 saturated carbocycles. The molecule has 0 unspecified atom stereocenters. The first-order valence-corrected chi connectivity index (χ1v) is 9.33. The molecule has 0 bridgehead atoms. The van der Waals surface area contributed by atoms with Crippen LogP contribution in [0.25, 0.3) is 16.9 Å². The first kappa shape index (κ1) is 20.4. The number of carbonyl (C=O) groups is 1. The first-order valence-electron chi connectivity index (χ1n) is 9.33. The summed E-state index contributed by atoms with van der Waals surface area (Å²) < 4.78 is 19.9. The number of hydrogen-bond donors (Lipinski definition) is 3. The van der Waals surface area contributed by atoms with Crippen LogP contribution in [-0.4, -0.2) is 55.0 Å². The highest BCUT2D eigenvalue weighted by molar-refractivity contribution is 6.02. The van der Waals surface area contributed by atoms with Gasteiger partial charge in [0.2, 0.25) is 0 Å². The minimum atomic E-state index is -0.972. The van der Waals surface area contributed by atoms with Gasteiger partial charge in [0.05, 0.1) is 24.7 Å². The molecule has 0 spiro atoms.